The van der Waals surface area contributed by atoms with Crippen molar-refractivity contribution in [2.45, 2.75) is 20.0 Å². The van der Waals surface area contributed by atoms with Crippen LogP contribution in [0.4, 0.5) is 5.69 Å². The molecular weight excluding hydrogens is 282 g/mol. The van der Waals surface area contributed by atoms with Crippen LogP contribution in [0.2, 0.25) is 0 Å². The van der Waals surface area contributed by atoms with E-state index in [0.29, 0.717) is 12.3 Å². The van der Waals surface area contributed by atoms with Gasteiger partial charge in [0.05, 0.1) is 10.5 Å². The van der Waals surface area contributed by atoms with Crippen LogP contribution in [-0.4, -0.2) is 26.1 Å². The van der Waals surface area contributed by atoms with Gasteiger partial charge in [0.15, 0.2) is 12.4 Å². The maximum atomic E-state index is 10.9. The van der Waals surface area contributed by atoms with Crippen molar-refractivity contribution >= 4 is 11.7 Å². The zero-order chi connectivity index (χ0) is 15.4. The van der Waals surface area contributed by atoms with E-state index in [1.54, 1.807) is 0 Å². The number of benzene rings is 1. The summed E-state index contributed by atoms with van der Waals surface area (Å²) >= 11 is 0. The van der Waals surface area contributed by atoms with Gasteiger partial charge in [0.2, 0.25) is 11.7 Å². The summed E-state index contributed by atoms with van der Waals surface area (Å²) < 4.78 is 10.1. The third-order valence-electron chi connectivity index (χ3n) is 2.57. The Balaban J connectivity index is 2.19. The van der Waals surface area contributed by atoms with Gasteiger partial charge >= 0.3 is 11.7 Å². The van der Waals surface area contributed by atoms with Crippen LogP contribution in [0.5, 0.6) is 5.75 Å². The molecule has 1 heterocycles. The summed E-state index contributed by atoms with van der Waals surface area (Å²) in [5.41, 5.74) is -0.629. The number of carboxylic acids is 1. The number of carboxylic acid groups (broad SMARTS) is 1. The van der Waals surface area contributed by atoms with Gasteiger partial charge in [-0.1, -0.05) is 12.1 Å². The molecule has 110 valence electrons. The van der Waals surface area contributed by atoms with Crippen molar-refractivity contribution in [3.63, 3.8) is 0 Å². The minimum Gasteiger partial charge on any atom is -0.478 e. The Labute approximate surface area is 118 Å². The fraction of sp³-hybridized carbons (Fsp3) is 0.250. The molecule has 0 spiro atoms. The summed E-state index contributed by atoms with van der Waals surface area (Å²) in [6, 6.07) is 3.38. The first-order chi connectivity index (χ1) is 10.0. The highest BCUT2D eigenvalue weighted by atomic mass is 16.6. The first kappa shape index (κ1) is 14.4. The number of ether oxygens (including phenoxy) is 1. The smallest absolute Gasteiger partial charge is 0.335 e. The van der Waals surface area contributed by atoms with Crippen LogP contribution in [0.25, 0.3) is 0 Å². The van der Waals surface area contributed by atoms with Crippen LogP contribution in [0.1, 0.15) is 29.0 Å². The monoisotopic (exact) mass is 293 g/mol. The minimum atomic E-state index is -1.25. The molecule has 1 aromatic heterocycles. The Morgan fingerprint density at radius 2 is 2.29 bits per heavy atom. The van der Waals surface area contributed by atoms with E-state index in [0.717, 1.165) is 6.07 Å². The molecule has 1 N–H and O–H groups in total. The second-order valence-electron chi connectivity index (χ2n) is 3.99. The third kappa shape index (κ3) is 3.32. The lowest BCUT2D eigenvalue weighted by Crippen LogP contribution is -2.03. The van der Waals surface area contributed by atoms with Crippen LogP contribution >= 0.6 is 0 Å². The molecule has 0 aliphatic heterocycles. The van der Waals surface area contributed by atoms with Crippen LogP contribution in [0.15, 0.2) is 22.7 Å². The second-order valence-corrected chi connectivity index (χ2v) is 3.99. The van der Waals surface area contributed by atoms with E-state index in [4.69, 9.17) is 14.4 Å². The van der Waals surface area contributed by atoms with E-state index in [1.807, 2.05) is 6.92 Å². The fourth-order valence-corrected chi connectivity index (χ4v) is 1.55. The zero-order valence-corrected chi connectivity index (χ0v) is 11.0. The van der Waals surface area contributed by atoms with Gasteiger partial charge in [0, 0.05) is 12.5 Å². The Bertz CT molecular complexity index is 681. The SMILES string of the molecule is CCc1nc(COc2ccc(C(=O)O)cc2[N+](=O)[O-])no1. The highest BCUT2D eigenvalue weighted by Gasteiger charge is 2.19. The van der Waals surface area contributed by atoms with Crippen molar-refractivity contribution in [2.24, 2.45) is 0 Å². The zero-order valence-electron chi connectivity index (χ0n) is 11.0. The van der Waals surface area contributed by atoms with Crippen molar-refractivity contribution in [3.05, 3.63) is 45.6 Å². The van der Waals surface area contributed by atoms with E-state index in [-0.39, 0.29) is 23.7 Å². The number of hydrogen-bond acceptors (Lipinski definition) is 7. The Kier molecular flexibility index (Phi) is 4.12. The highest BCUT2D eigenvalue weighted by Crippen LogP contribution is 2.28. The summed E-state index contributed by atoms with van der Waals surface area (Å²) in [5.74, 6) is -0.629. The first-order valence-corrected chi connectivity index (χ1v) is 5.97. The van der Waals surface area contributed by atoms with Crippen molar-refractivity contribution in [1.29, 1.82) is 0 Å². The second kappa shape index (κ2) is 5.99. The van der Waals surface area contributed by atoms with Gasteiger partial charge in [-0.2, -0.15) is 4.98 Å². The summed E-state index contributed by atoms with van der Waals surface area (Å²) in [7, 11) is 0. The maximum Gasteiger partial charge on any atom is 0.335 e. The van der Waals surface area contributed by atoms with E-state index in [2.05, 4.69) is 10.1 Å². The van der Waals surface area contributed by atoms with Gasteiger partial charge in [0.1, 0.15) is 0 Å². The number of aryl methyl sites for hydroxylation is 1. The van der Waals surface area contributed by atoms with Crippen molar-refractivity contribution in [1.82, 2.24) is 10.1 Å². The lowest BCUT2D eigenvalue weighted by atomic mass is 10.2. The number of nitro benzene ring substituents is 1. The Morgan fingerprint density at radius 3 is 2.86 bits per heavy atom. The van der Waals surface area contributed by atoms with Crippen LogP contribution in [0, 0.1) is 10.1 Å². The van der Waals surface area contributed by atoms with Crippen LogP contribution < -0.4 is 4.74 Å². The van der Waals surface area contributed by atoms with Gasteiger partial charge in [0.25, 0.3) is 0 Å². The average molecular weight is 293 g/mol. The summed E-state index contributed by atoms with van der Waals surface area (Å²) in [5, 5.41) is 23.4. The topological polar surface area (TPSA) is 129 Å². The summed E-state index contributed by atoms with van der Waals surface area (Å²) in [6.07, 6.45) is 0.570. The third-order valence-corrected chi connectivity index (χ3v) is 2.57. The lowest BCUT2D eigenvalue weighted by Gasteiger charge is -2.05. The molecular formula is C12H11N3O6. The number of nitro groups is 1. The maximum absolute atomic E-state index is 10.9. The van der Waals surface area contributed by atoms with E-state index in [9.17, 15) is 14.9 Å². The molecule has 0 radical (unpaired) electrons. The van der Waals surface area contributed by atoms with Crippen LogP contribution in [-0.2, 0) is 13.0 Å². The molecule has 0 bridgehead atoms. The molecule has 0 amide bonds. The molecule has 0 fully saturated rings. The molecule has 1 aromatic carbocycles. The lowest BCUT2D eigenvalue weighted by molar-refractivity contribution is -0.386. The molecule has 0 unspecified atom stereocenters. The molecule has 0 aliphatic rings. The number of aromatic carboxylic acids is 1. The summed E-state index contributed by atoms with van der Waals surface area (Å²) in [6.45, 7) is 1.73. The van der Waals surface area contributed by atoms with E-state index < -0.39 is 16.6 Å². The number of nitrogens with zero attached hydrogens (tertiary/aromatic N) is 3. The van der Waals surface area contributed by atoms with Crippen LogP contribution in [0.3, 0.4) is 0 Å². The molecule has 2 rings (SSSR count). The predicted octanol–water partition coefficient (Wildman–Crippen LogP) is 1.82. The number of rotatable bonds is 6. The molecule has 21 heavy (non-hydrogen) atoms. The highest BCUT2D eigenvalue weighted by molar-refractivity contribution is 5.88. The van der Waals surface area contributed by atoms with Crippen molar-refractivity contribution in [2.75, 3.05) is 0 Å². The molecule has 0 atom stereocenters. The number of hydrogen-bond donors (Lipinski definition) is 1. The fourth-order valence-electron chi connectivity index (χ4n) is 1.55. The van der Waals surface area contributed by atoms with Gasteiger partial charge in [-0.15, -0.1) is 0 Å². The van der Waals surface area contributed by atoms with E-state index in [1.165, 1.54) is 12.1 Å². The normalized spacial score (nSPS) is 10.3. The van der Waals surface area contributed by atoms with Gasteiger partial charge in [-0.25, -0.2) is 4.79 Å². The largest absolute Gasteiger partial charge is 0.478 e. The molecule has 9 heteroatoms. The van der Waals surface area contributed by atoms with E-state index >= 15 is 0 Å². The number of aromatic nitrogens is 2. The predicted molar refractivity (Wildman–Crippen MR) is 68.1 cm³/mol. The average Bonchev–Trinajstić information content (AvgIpc) is 2.92. The summed E-state index contributed by atoms with van der Waals surface area (Å²) in [4.78, 5) is 25.0. The molecule has 0 saturated carbocycles. The molecule has 9 nitrogen and oxygen atoms in total. The quantitative estimate of drug-likeness (QED) is 0.630. The minimum absolute atomic E-state index is 0.0622. The Hall–Kier alpha value is -2.97. The van der Waals surface area contributed by atoms with Crippen molar-refractivity contribution < 1.29 is 24.1 Å². The Morgan fingerprint density at radius 1 is 1.52 bits per heavy atom. The standard InChI is InChI=1S/C12H11N3O6/c1-2-11-13-10(14-21-11)6-20-9-4-3-7(12(16)17)5-8(9)15(18)19/h3-5H,2,6H2,1H3,(H,16,17). The van der Waals surface area contributed by atoms with Gasteiger partial charge < -0.3 is 14.4 Å². The molecule has 2 aromatic rings. The molecule has 0 saturated heterocycles. The number of carbonyl (C=O) groups is 1. The first-order valence-electron chi connectivity index (χ1n) is 5.97. The van der Waals surface area contributed by atoms with Gasteiger partial charge in [-0.05, 0) is 12.1 Å². The molecule has 0 aliphatic carbocycles. The van der Waals surface area contributed by atoms with Gasteiger partial charge in [-0.3, -0.25) is 10.1 Å². The van der Waals surface area contributed by atoms with Crippen molar-refractivity contribution in [3.8, 4) is 5.75 Å².